The van der Waals surface area contributed by atoms with Crippen LogP contribution >= 0.6 is 0 Å². The minimum atomic E-state index is -0.881. The molecular formula is C16H24N2O3. The lowest BCUT2D eigenvalue weighted by Gasteiger charge is -2.42. The number of rotatable bonds is 4. The molecule has 1 aliphatic heterocycles. The number of carbonyl (C=O) groups is 1. The Hall–Kier alpha value is -1.59. The molecule has 1 aliphatic rings. The van der Waals surface area contributed by atoms with Crippen LogP contribution < -0.4 is 4.74 Å². The van der Waals surface area contributed by atoms with Crippen molar-refractivity contribution in [3.63, 3.8) is 0 Å². The Labute approximate surface area is 126 Å². The maximum Gasteiger partial charge on any atom is 0.236 e. The average Bonchev–Trinajstić information content (AvgIpc) is 2.43. The van der Waals surface area contributed by atoms with Crippen molar-refractivity contribution < 1.29 is 14.6 Å². The number of likely N-dealkylation sites (N-methyl/N-ethyl adjacent to an activating group) is 1. The molecule has 0 saturated carbocycles. The molecule has 1 N–H and O–H groups in total. The van der Waals surface area contributed by atoms with Gasteiger partial charge in [-0.2, -0.15) is 0 Å². The van der Waals surface area contributed by atoms with Crippen LogP contribution in [0, 0.1) is 0 Å². The van der Waals surface area contributed by atoms with E-state index in [9.17, 15) is 9.90 Å². The molecule has 1 saturated heterocycles. The topological polar surface area (TPSA) is 53.0 Å². The summed E-state index contributed by atoms with van der Waals surface area (Å²) < 4.78 is 5.93. The van der Waals surface area contributed by atoms with Crippen molar-refractivity contribution in [1.82, 2.24) is 9.80 Å². The number of aliphatic hydroxyl groups is 1. The summed E-state index contributed by atoms with van der Waals surface area (Å²) in [4.78, 5) is 15.4. The van der Waals surface area contributed by atoms with E-state index in [1.807, 2.05) is 35.2 Å². The van der Waals surface area contributed by atoms with Gasteiger partial charge < -0.3 is 14.7 Å². The molecular weight excluding hydrogens is 268 g/mol. The summed E-state index contributed by atoms with van der Waals surface area (Å²) in [7, 11) is 3.50. The smallest absolute Gasteiger partial charge is 0.236 e. The van der Waals surface area contributed by atoms with Gasteiger partial charge in [0, 0.05) is 27.2 Å². The van der Waals surface area contributed by atoms with Crippen LogP contribution in [0.25, 0.3) is 0 Å². The zero-order valence-electron chi connectivity index (χ0n) is 13.0. The zero-order valence-corrected chi connectivity index (χ0v) is 13.0. The van der Waals surface area contributed by atoms with Gasteiger partial charge >= 0.3 is 0 Å². The Kier molecular flexibility index (Phi) is 4.85. The molecule has 0 spiro atoms. The highest BCUT2D eigenvalue weighted by atomic mass is 16.5. The number of nitrogens with zero attached hydrogens (tertiary/aromatic N) is 2. The number of ether oxygens (including phenoxy) is 1. The number of carbonyl (C=O) groups excluding carboxylic acids is 1. The number of para-hydroxylation sites is 1. The molecule has 21 heavy (non-hydrogen) atoms. The van der Waals surface area contributed by atoms with Crippen molar-refractivity contribution in [3.05, 3.63) is 30.3 Å². The Bertz CT molecular complexity index is 474. The van der Waals surface area contributed by atoms with Gasteiger partial charge in [0.25, 0.3) is 0 Å². The zero-order chi connectivity index (χ0) is 15.5. The van der Waals surface area contributed by atoms with Gasteiger partial charge in [-0.1, -0.05) is 18.2 Å². The lowest BCUT2D eigenvalue weighted by Crippen LogP contribution is -2.57. The molecule has 1 fully saturated rings. The quantitative estimate of drug-likeness (QED) is 0.899. The predicted molar refractivity (Wildman–Crippen MR) is 81.2 cm³/mol. The molecule has 0 aliphatic carbocycles. The first-order valence-corrected chi connectivity index (χ1v) is 7.25. The fraction of sp³-hybridized carbons (Fsp3) is 0.562. The maximum absolute atomic E-state index is 11.8. The number of hydrogen-bond acceptors (Lipinski definition) is 4. The molecule has 0 aromatic heterocycles. The van der Waals surface area contributed by atoms with Gasteiger partial charge in [-0.15, -0.1) is 0 Å². The fourth-order valence-electron chi connectivity index (χ4n) is 2.37. The first-order chi connectivity index (χ1) is 9.88. The third-order valence-electron chi connectivity index (χ3n) is 3.93. The van der Waals surface area contributed by atoms with Gasteiger partial charge in [0.15, 0.2) is 0 Å². The summed E-state index contributed by atoms with van der Waals surface area (Å²) in [5, 5.41) is 10.5. The van der Waals surface area contributed by atoms with E-state index in [2.05, 4.69) is 0 Å². The van der Waals surface area contributed by atoms with Crippen LogP contribution in [0.2, 0.25) is 0 Å². The molecule has 116 valence electrons. The highest BCUT2D eigenvalue weighted by Gasteiger charge is 2.39. The van der Waals surface area contributed by atoms with Crippen LogP contribution in [0.4, 0.5) is 0 Å². The van der Waals surface area contributed by atoms with Crippen LogP contribution in [-0.4, -0.2) is 66.2 Å². The number of hydrogen-bond donors (Lipinski definition) is 1. The molecule has 1 heterocycles. The van der Waals surface area contributed by atoms with E-state index in [0.29, 0.717) is 26.1 Å². The third-order valence-corrected chi connectivity index (χ3v) is 3.93. The monoisotopic (exact) mass is 292 g/mol. The Morgan fingerprint density at radius 3 is 2.71 bits per heavy atom. The standard InChI is InChI=1S/C16H24N2O3/c1-16(20)9-10-18(12-15(19)17(2)3)11-14(16)21-13-7-5-4-6-8-13/h4-8,14,20H,9-12H2,1-3H3/t14-,16-/m1/s1. The van der Waals surface area contributed by atoms with E-state index in [1.165, 1.54) is 0 Å². The summed E-state index contributed by atoms with van der Waals surface area (Å²) in [6.07, 6.45) is 0.245. The summed E-state index contributed by atoms with van der Waals surface area (Å²) >= 11 is 0. The number of benzene rings is 1. The number of likely N-dealkylation sites (tertiary alicyclic amines) is 1. The minimum Gasteiger partial charge on any atom is -0.486 e. The Balaban J connectivity index is 2.01. The van der Waals surface area contributed by atoms with Crippen molar-refractivity contribution >= 4 is 5.91 Å². The summed E-state index contributed by atoms with van der Waals surface area (Å²) in [6.45, 7) is 3.39. The average molecular weight is 292 g/mol. The lowest BCUT2D eigenvalue weighted by molar-refractivity contribution is -0.134. The number of piperidine rings is 1. The van der Waals surface area contributed by atoms with Gasteiger partial charge in [0.1, 0.15) is 17.5 Å². The van der Waals surface area contributed by atoms with Gasteiger partial charge in [0.05, 0.1) is 6.54 Å². The van der Waals surface area contributed by atoms with Crippen molar-refractivity contribution in [2.45, 2.75) is 25.0 Å². The van der Waals surface area contributed by atoms with Crippen LogP contribution in [0.3, 0.4) is 0 Å². The van der Waals surface area contributed by atoms with Gasteiger partial charge in [-0.05, 0) is 25.5 Å². The van der Waals surface area contributed by atoms with E-state index in [1.54, 1.807) is 25.9 Å². The molecule has 1 amide bonds. The van der Waals surface area contributed by atoms with Crippen molar-refractivity contribution in [3.8, 4) is 5.75 Å². The number of amides is 1. The second-order valence-electron chi connectivity index (χ2n) is 6.05. The first-order valence-electron chi connectivity index (χ1n) is 7.25. The third kappa shape index (κ3) is 4.19. The molecule has 2 rings (SSSR count). The highest BCUT2D eigenvalue weighted by Crippen LogP contribution is 2.26. The molecule has 1 aromatic carbocycles. The largest absolute Gasteiger partial charge is 0.486 e. The van der Waals surface area contributed by atoms with Crippen LogP contribution in [0.5, 0.6) is 5.75 Å². The van der Waals surface area contributed by atoms with E-state index >= 15 is 0 Å². The fourth-order valence-corrected chi connectivity index (χ4v) is 2.37. The molecule has 2 atom stereocenters. The van der Waals surface area contributed by atoms with Crippen LogP contribution in [0.1, 0.15) is 13.3 Å². The molecule has 1 aromatic rings. The molecule has 0 bridgehead atoms. The molecule has 0 unspecified atom stereocenters. The minimum absolute atomic E-state index is 0.0648. The lowest BCUT2D eigenvalue weighted by atomic mass is 9.90. The van der Waals surface area contributed by atoms with Crippen molar-refractivity contribution in [2.75, 3.05) is 33.7 Å². The normalized spacial score (nSPS) is 26.4. The van der Waals surface area contributed by atoms with Crippen LogP contribution in [0.15, 0.2) is 30.3 Å². The second kappa shape index (κ2) is 6.45. The SMILES string of the molecule is CN(C)C(=O)CN1CC[C@@](C)(O)[C@H](Oc2ccccc2)C1. The maximum atomic E-state index is 11.8. The van der Waals surface area contributed by atoms with Gasteiger partial charge in [-0.25, -0.2) is 0 Å². The van der Waals surface area contributed by atoms with E-state index in [0.717, 1.165) is 5.75 Å². The summed E-state index contributed by atoms with van der Waals surface area (Å²) in [6, 6.07) is 9.48. The summed E-state index contributed by atoms with van der Waals surface area (Å²) in [5.74, 6) is 0.804. The summed E-state index contributed by atoms with van der Waals surface area (Å²) in [5.41, 5.74) is -0.881. The van der Waals surface area contributed by atoms with E-state index in [4.69, 9.17) is 4.74 Å². The van der Waals surface area contributed by atoms with Gasteiger partial charge in [-0.3, -0.25) is 9.69 Å². The van der Waals surface area contributed by atoms with E-state index in [-0.39, 0.29) is 12.0 Å². The van der Waals surface area contributed by atoms with Gasteiger partial charge in [0.2, 0.25) is 5.91 Å². The molecule has 0 radical (unpaired) electrons. The Morgan fingerprint density at radius 2 is 2.10 bits per heavy atom. The van der Waals surface area contributed by atoms with E-state index < -0.39 is 5.60 Å². The molecule has 5 heteroatoms. The first kappa shape index (κ1) is 15.8. The van der Waals surface area contributed by atoms with Crippen LogP contribution in [-0.2, 0) is 4.79 Å². The highest BCUT2D eigenvalue weighted by molar-refractivity contribution is 5.77. The Morgan fingerprint density at radius 1 is 1.43 bits per heavy atom. The predicted octanol–water partition coefficient (Wildman–Crippen LogP) is 0.979. The van der Waals surface area contributed by atoms with Crippen molar-refractivity contribution in [2.24, 2.45) is 0 Å². The molecule has 5 nitrogen and oxygen atoms in total. The van der Waals surface area contributed by atoms with Crippen molar-refractivity contribution in [1.29, 1.82) is 0 Å². The second-order valence-corrected chi connectivity index (χ2v) is 6.05.